The van der Waals surface area contributed by atoms with Gasteiger partial charge >= 0.3 is 5.69 Å². The van der Waals surface area contributed by atoms with Crippen LogP contribution in [0.1, 0.15) is 11.1 Å². The first-order valence-electron chi connectivity index (χ1n) is 8.35. The molecule has 0 aromatic heterocycles. The SMILES string of the molecule is COc1ccc(CSCC(=O)NCCSc2ccc(C)cc2)cc1[N+](=O)[O-]. The molecule has 2 aromatic carbocycles. The number of nitrogens with zero attached hydrogens (tertiary/aromatic N) is 1. The van der Waals surface area contributed by atoms with Crippen LogP contribution >= 0.6 is 23.5 Å². The van der Waals surface area contributed by atoms with Gasteiger partial charge in [0.25, 0.3) is 0 Å². The van der Waals surface area contributed by atoms with Gasteiger partial charge in [-0.3, -0.25) is 14.9 Å². The van der Waals surface area contributed by atoms with Gasteiger partial charge < -0.3 is 10.1 Å². The van der Waals surface area contributed by atoms with Gasteiger partial charge in [-0.15, -0.1) is 23.5 Å². The molecule has 0 fully saturated rings. The first-order chi connectivity index (χ1) is 13.0. The molecule has 0 spiro atoms. The number of thioether (sulfide) groups is 2. The van der Waals surface area contributed by atoms with Gasteiger partial charge in [-0.2, -0.15) is 0 Å². The molecular weight excluding hydrogens is 384 g/mol. The molecule has 0 aliphatic heterocycles. The second kappa shape index (κ2) is 10.8. The fourth-order valence-electron chi connectivity index (χ4n) is 2.27. The van der Waals surface area contributed by atoms with Crippen molar-refractivity contribution in [3.05, 3.63) is 63.7 Å². The standard InChI is InChI=1S/C19H22N2O4S2/c1-14-3-6-16(7-4-14)27-10-9-20-19(22)13-26-12-15-5-8-18(25-2)17(11-15)21(23)24/h3-8,11H,9-10,12-13H2,1-2H3,(H,20,22). The second-order valence-electron chi connectivity index (χ2n) is 5.77. The maximum absolute atomic E-state index is 11.9. The lowest BCUT2D eigenvalue weighted by atomic mass is 10.2. The Morgan fingerprint density at radius 2 is 1.96 bits per heavy atom. The van der Waals surface area contributed by atoms with E-state index in [4.69, 9.17) is 4.74 Å². The van der Waals surface area contributed by atoms with Crippen molar-refractivity contribution >= 4 is 35.1 Å². The van der Waals surface area contributed by atoms with E-state index in [1.54, 1.807) is 23.9 Å². The van der Waals surface area contributed by atoms with Crippen molar-refractivity contribution in [2.45, 2.75) is 17.6 Å². The number of nitro benzene ring substituents is 1. The minimum absolute atomic E-state index is 0.0347. The number of rotatable bonds is 10. The normalized spacial score (nSPS) is 10.4. The Morgan fingerprint density at radius 1 is 1.22 bits per heavy atom. The maximum atomic E-state index is 11.9. The Morgan fingerprint density at radius 3 is 2.63 bits per heavy atom. The molecule has 2 rings (SSSR count). The third-order valence-corrected chi connectivity index (χ3v) is 5.67. The van der Waals surface area contributed by atoms with Crippen LogP contribution in [0.2, 0.25) is 0 Å². The fraction of sp³-hybridized carbons (Fsp3) is 0.316. The molecule has 2 aromatic rings. The number of aryl methyl sites for hydroxylation is 1. The van der Waals surface area contributed by atoms with Gasteiger partial charge in [0.05, 0.1) is 17.8 Å². The van der Waals surface area contributed by atoms with E-state index in [0.717, 1.165) is 11.3 Å². The van der Waals surface area contributed by atoms with Crippen LogP contribution in [0, 0.1) is 17.0 Å². The highest BCUT2D eigenvalue weighted by Crippen LogP contribution is 2.28. The average Bonchev–Trinajstić information content (AvgIpc) is 2.66. The van der Waals surface area contributed by atoms with Gasteiger partial charge in [0.15, 0.2) is 5.75 Å². The molecule has 0 aliphatic carbocycles. The molecule has 0 saturated heterocycles. The number of nitro groups is 1. The van der Waals surface area contributed by atoms with E-state index in [1.165, 1.54) is 35.4 Å². The average molecular weight is 407 g/mol. The van der Waals surface area contributed by atoms with E-state index in [9.17, 15) is 14.9 Å². The zero-order valence-electron chi connectivity index (χ0n) is 15.3. The van der Waals surface area contributed by atoms with E-state index in [1.807, 2.05) is 0 Å². The summed E-state index contributed by atoms with van der Waals surface area (Å²) in [6.45, 7) is 2.66. The summed E-state index contributed by atoms with van der Waals surface area (Å²) in [6.07, 6.45) is 0. The number of ether oxygens (including phenoxy) is 1. The van der Waals surface area contributed by atoms with Gasteiger partial charge in [-0.05, 0) is 30.7 Å². The molecule has 6 nitrogen and oxygen atoms in total. The number of hydrogen-bond acceptors (Lipinski definition) is 6. The zero-order chi connectivity index (χ0) is 19.6. The summed E-state index contributed by atoms with van der Waals surface area (Å²) >= 11 is 3.12. The van der Waals surface area contributed by atoms with Crippen molar-refractivity contribution in [1.82, 2.24) is 5.32 Å². The number of amides is 1. The molecule has 0 saturated carbocycles. The quantitative estimate of drug-likeness (QED) is 0.277. The predicted molar refractivity (Wildman–Crippen MR) is 111 cm³/mol. The summed E-state index contributed by atoms with van der Waals surface area (Å²) in [6, 6.07) is 13.1. The third-order valence-electron chi connectivity index (χ3n) is 3.66. The molecule has 0 atom stereocenters. The first kappa shape index (κ1) is 21.1. The Kier molecular flexibility index (Phi) is 8.47. The molecule has 0 heterocycles. The van der Waals surface area contributed by atoms with Crippen molar-refractivity contribution in [2.75, 3.05) is 25.2 Å². The summed E-state index contributed by atoms with van der Waals surface area (Å²) in [5.74, 6) is 1.85. The van der Waals surface area contributed by atoms with Crippen LogP contribution in [0.3, 0.4) is 0 Å². The number of carbonyl (C=O) groups is 1. The van der Waals surface area contributed by atoms with Crippen LogP contribution in [-0.2, 0) is 10.5 Å². The molecular formula is C19H22N2O4S2. The minimum Gasteiger partial charge on any atom is -0.490 e. The molecule has 0 unspecified atom stereocenters. The summed E-state index contributed by atoms with van der Waals surface area (Å²) in [4.78, 5) is 23.6. The van der Waals surface area contributed by atoms with E-state index in [-0.39, 0.29) is 17.3 Å². The molecule has 0 bridgehead atoms. The lowest BCUT2D eigenvalue weighted by Gasteiger charge is -2.07. The molecule has 1 amide bonds. The third kappa shape index (κ3) is 7.15. The topological polar surface area (TPSA) is 81.5 Å². The van der Waals surface area contributed by atoms with Crippen molar-refractivity contribution in [3.8, 4) is 5.75 Å². The summed E-state index contributed by atoms with van der Waals surface area (Å²) in [5, 5.41) is 13.9. The van der Waals surface area contributed by atoms with E-state index in [2.05, 4.69) is 36.5 Å². The van der Waals surface area contributed by atoms with E-state index in [0.29, 0.717) is 18.1 Å². The van der Waals surface area contributed by atoms with E-state index >= 15 is 0 Å². The largest absolute Gasteiger partial charge is 0.490 e. The lowest BCUT2D eigenvalue weighted by Crippen LogP contribution is -2.27. The lowest BCUT2D eigenvalue weighted by molar-refractivity contribution is -0.385. The van der Waals surface area contributed by atoms with Crippen LogP contribution in [0.5, 0.6) is 5.75 Å². The first-order valence-corrected chi connectivity index (χ1v) is 10.5. The van der Waals surface area contributed by atoms with Gasteiger partial charge in [0, 0.05) is 29.0 Å². The molecule has 0 aliphatic rings. The van der Waals surface area contributed by atoms with E-state index < -0.39 is 4.92 Å². The molecule has 0 radical (unpaired) electrons. The van der Waals surface area contributed by atoms with Crippen molar-refractivity contribution in [1.29, 1.82) is 0 Å². The van der Waals surface area contributed by atoms with Crippen molar-refractivity contribution in [2.24, 2.45) is 0 Å². The van der Waals surface area contributed by atoms with Crippen molar-refractivity contribution in [3.63, 3.8) is 0 Å². The monoisotopic (exact) mass is 406 g/mol. The minimum atomic E-state index is -0.467. The number of carbonyl (C=O) groups excluding carboxylic acids is 1. The van der Waals surface area contributed by atoms with Crippen LogP contribution in [-0.4, -0.2) is 36.0 Å². The highest BCUT2D eigenvalue weighted by molar-refractivity contribution is 7.99. The predicted octanol–water partition coefficient (Wildman–Crippen LogP) is 4.05. The van der Waals surface area contributed by atoms with Gasteiger partial charge in [-0.25, -0.2) is 0 Å². The summed E-state index contributed by atoms with van der Waals surface area (Å²) in [7, 11) is 1.40. The highest BCUT2D eigenvalue weighted by Gasteiger charge is 2.15. The summed E-state index contributed by atoms with van der Waals surface area (Å²) in [5.41, 5.74) is 1.95. The number of benzene rings is 2. The molecule has 8 heteroatoms. The van der Waals surface area contributed by atoms with Crippen molar-refractivity contribution < 1.29 is 14.5 Å². The van der Waals surface area contributed by atoms with Gasteiger partial charge in [0.2, 0.25) is 5.91 Å². The van der Waals surface area contributed by atoms with Crippen LogP contribution in [0.25, 0.3) is 0 Å². The Labute approximate surface area is 167 Å². The Balaban J connectivity index is 1.67. The van der Waals surface area contributed by atoms with Gasteiger partial charge in [-0.1, -0.05) is 23.8 Å². The number of methoxy groups -OCH3 is 1. The van der Waals surface area contributed by atoms with Crippen LogP contribution < -0.4 is 10.1 Å². The highest BCUT2D eigenvalue weighted by atomic mass is 32.2. The Bertz CT molecular complexity index is 782. The van der Waals surface area contributed by atoms with Crippen LogP contribution in [0.4, 0.5) is 5.69 Å². The summed E-state index contributed by atoms with van der Waals surface area (Å²) < 4.78 is 4.98. The fourth-order valence-corrected chi connectivity index (χ4v) is 3.85. The number of nitrogens with one attached hydrogen (secondary N) is 1. The van der Waals surface area contributed by atoms with Crippen LogP contribution in [0.15, 0.2) is 47.4 Å². The molecule has 27 heavy (non-hydrogen) atoms. The second-order valence-corrected chi connectivity index (χ2v) is 7.92. The molecule has 1 N–H and O–H groups in total. The van der Waals surface area contributed by atoms with Gasteiger partial charge in [0.1, 0.15) is 0 Å². The maximum Gasteiger partial charge on any atom is 0.311 e. The smallest absolute Gasteiger partial charge is 0.311 e. The zero-order valence-corrected chi connectivity index (χ0v) is 16.9. The molecule has 144 valence electrons. The Hall–Kier alpha value is -2.19. The number of hydrogen-bond donors (Lipinski definition) is 1.